The lowest BCUT2D eigenvalue weighted by atomic mass is 10.1. The topological polar surface area (TPSA) is 73.7 Å². The van der Waals surface area contributed by atoms with E-state index in [9.17, 15) is 14.7 Å². The van der Waals surface area contributed by atoms with Crippen LogP contribution in [-0.4, -0.2) is 57.9 Å². The molecule has 1 fully saturated rings. The molecule has 1 aliphatic rings. The fourth-order valence-electron chi connectivity index (χ4n) is 2.61. The van der Waals surface area contributed by atoms with Crippen LogP contribution in [0.25, 0.3) is 0 Å². The molecule has 2 aromatic rings. The van der Waals surface area contributed by atoms with Gasteiger partial charge >= 0.3 is 0 Å². The highest BCUT2D eigenvalue weighted by molar-refractivity contribution is 5.96. The Balaban J connectivity index is 1.62. The molecule has 2 amide bonds. The molecule has 6 nitrogen and oxygen atoms in total. The van der Waals surface area contributed by atoms with Gasteiger partial charge in [0.2, 0.25) is 0 Å². The second kappa shape index (κ2) is 6.48. The van der Waals surface area contributed by atoms with Gasteiger partial charge in [-0.25, -0.2) is 0 Å². The van der Waals surface area contributed by atoms with Crippen LogP contribution in [-0.2, 0) is 0 Å². The zero-order valence-corrected chi connectivity index (χ0v) is 12.6. The van der Waals surface area contributed by atoms with Crippen LogP contribution < -0.4 is 0 Å². The highest BCUT2D eigenvalue weighted by Gasteiger charge is 2.25. The largest absolute Gasteiger partial charge is 0.508 e. The molecule has 0 saturated carbocycles. The number of hydrogen-bond acceptors (Lipinski definition) is 4. The van der Waals surface area contributed by atoms with Crippen LogP contribution in [0.4, 0.5) is 0 Å². The van der Waals surface area contributed by atoms with Crippen LogP contribution in [0, 0.1) is 0 Å². The second-order valence-corrected chi connectivity index (χ2v) is 5.37. The van der Waals surface area contributed by atoms with E-state index >= 15 is 0 Å². The van der Waals surface area contributed by atoms with Gasteiger partial charge in [-0.1, -0.05) is 6.07 Å². The van der Waals surface area contributed by atoms with E-state index in [1.807, 2.05) is 0 Å². The SMILES string of the molecule is O=C(c1ccncc1)N1CCN(C(=O)c2cccc(O)c2)CC1. The molecule has 3 rings (SSSR count). The van der Waals surface area contributed by atoms with Crippen LogP contribution in [0.3, 0.4) is 0 Å². The number of nitrogens with zero attached hydrogens (tertiary/aromatic N) is 3. The monoisotopic (exact) mass is 311 g/mol. The average molecular weight is 311 g/mol. The minimum Gasteiger partial charge on any atom is -0.508 e. The van der Waals surface area contributed by atoms with E-state index in [1.54, 1.807) is 46.5 Å². The summed E-state index contributed by atoms with van der Waals surface area (Å²) in [6.07, 6.45) is 3.18. The number of phenols is 1. The Morgan fingerprint density at radius 3 is 2.00 bits per heavy atom. The van der Waals surface area contributed by atoms with Crippen molar-refractivity contribution >= 4 is 11.8 Å². The lowest BCUT2D eigenvalue weighted by molar-refractivity contribution is 0.0535. The summed E-state index contributed by atoms with van der Waals surface area (Å²) in [4.78, 5) is 32.1. The summed E-state index contributed by atoms with van der Waals surface area (Å²) >= 11 is 0. The zero-order chi connectivity index (χ0) is 16.2. The number of benzene rings is 1. The third-order valence-corrected chi connectivity index (χ3v) is 3.87. The maximum absolute atomic E-state index is 12.4. The Morgan fingerprint density at radius 1 is 0.870 bits per heavy atom. The Hall–Kier alpha value is -2.89. The molecule has 6 heteroatoms. The molecule has 2 heterocycles. The number of aromatic nitrogens is 1. The van der Waals surface area contributed by atoms with Crippen molar-refractivity contribution in [2.45, 2.75) is 0 Å². The molecule has 0 atom stereocenters. The Morgan fingerprint density at radius 2 is 1.43 bits per heavy atom. The number of rotatable bonds is 2. The molecule has 1 N–H and O–H groups in total. The van der Waals surface area contributed by atoms with Crippen LogP contribution in [0.1, 0.15) is 20.7 Å². The number of amides is 2. The summed E-state index contributed by atoms with van der Waals surface area (Å²) in [5.74, 6) is -0.101. The van der Waals surface area contributed by atoms with Crippen LogP contribution in [0.5, 0.6) is 5.75 Å². The predicted molar refractivity (Wildman–Crippen MR) is 84.2 cm³/mol. The summed E-state index contributed by atoms with van der Waals surface area (Å²) in [6, 6.07) is 9.68. The van der Waals surface area contributed by atoms with Crippen molar-refractivity contribution in [3.8, 4) is 5.75 Å². The quantitative estimate of drug-likeness (QED) is 0.909. The van der Waals surface area contributed by atoms with Gasteiger partial charge in [0.15, 0.2) is 0 Å². The predicted octanol–water partition coefficient (Wildman–Crippen LogP) is 1.39. The molecule has 0 unspecified atom stereocenters. The number of aromatic hydroxyl groups is 1. The Bertz CT molecular complexity index is 710. The van der Waals surface area contributed by atoms with E-state index in [2.05, 4.69) is 4.98 Å². The van der Waals surface area contributed by atoms with Crippen molar-refractivity contribution in [1.29, 1.82) is 0 Å². The third kappa shape index (κ3) is 3.31. The molecule has 0 spiro atoms. The lowest BCUT2D eigenvalue weighted by Gasteiger charge is -2.34. The van der Waals surface area contributed by atoms with Gasteiger partial charge in [0, 0.05) is 49.7 Å². The highest BCUT2D eigenvalue weighted by atomic mass is 16.3. The number of phenolic OH excluding ortho intramolecular Hbond substituents is 1. The molecule has 0 aliphatic carbocycles. The minimum atomic E-state index is -0.128. The maximum Gasteiger partial charge on any atom is 0.254 e. The van der Waals surface area contributed by atoms with Gasteiger partial charge in [0.25, 0.3) is 11.8 Å². The number of carbonyl (C=O) groups excluding carboxylic acids is 2. The molecule has 1 aliphatic heterocycles. The second-order valence-electron chi connectivity index (χ2n) is 5.37. The standard InChI is InChI=1S/C17H17N3O3/c21-15-3-1-2-14(12-15)17(23)20-10-8-19(9-11-20)16(22)13-4-6-18-7-5-13/h1-7,12,21H,8-11H2. The first-order valence-electron chi connectivity index (χ1n) is 7.43. The molecular formula is C17H17N3O3. The first-order chi connectivity index (χ1) is 11.1. The van der Waals surface area contributed by atoms with E-state index in [4.69, 9.17) is 0 Å². The molecule has 1 aromatic heterocycles. The molecule has 1 saturated heterocycles. The summed E-state index contributed by atoms with van der Waals surface area (Å²) in [7, 11) is 0. The van der Waals surface area contributed by atoms with Crippen molar-refractivity contribution < 1.29 is 14.7 Å². The van der Waals surface area contributed by atoms with Gasteiger partial charge in [-0.3, -0.25) is 14.6 Å². The van der Waals surface area contributed by atoms with Crippen molar-refractivity contribution in [1.82, 2.24) is 14.8 Å². The van der Waals surface area contributed by atoms with Crippen molar-refractivity contribution in [2.75, 3.05) is 26.2 Å². The van der Waals surface area contributed by atoms with E-state index in [1.165, 1.54) is 12.1 Å². The van der Waals surface area contributed by atoms with E-state index in [0.29, 0.717) is 37.3 Å². The average Bonchev–Trinajstić information content (AvgIpc) is 2.61. The maximum atomic E-state index is 12.4. The third-order valence-electron chi connectivity index (χ3n) is 3.87. The molecule has 23 heavy (non-hydrogen) atoms. The first kappa shape index (κ1) is 15.0. The minimum absolute atomic E-state index is 0.0446. The number of piperazine rings is 1. The van der Waals surface area contributed by atoms with Gasteiger partial charge in [-0.05, 0) is 30.3 Å². The van der Waals surface area contributed by atoms with Crippen LogP contribution >= 0.6 is 0 Å². The van der Waals surface area contributed by atoms with Gasteiger partial charge in [-0.2, -0.15) is 0 Å². The van der Waals surface area contributed by atoms with E-state index in [-0.39, 0.29) is 17.6 Å². The molecule has 118 valence electrons. The summed E-state index contributed by atoms with van der Waals surface area (Å²) < 4.78 is 0. The van der Waals surface area contributed by atoms with Crippen molar-refractivity contribution in [2.24, 2.45) is 0 Å². The first-order valence-corrected chi connectivity index (χ1v) is 7.43. The fourth-order valence-corrected chi connectivity index (χ4v) is 2.61. The highest BCUT2D eigenvalue weighted by Crippen LogP contribution is 2.15. The summed E-state index contributed by atoms with van der Waals surface area (Å²) in [6.45, 7) is 1.94. The zero-order valence-electron chi connectivity index (χ0n) is 12.6. The number of carbonyl (C=O) groups is 2. The van der Waals surface area contributed by atoms with Crippen molar-refractivity contribution in [3.63, 3.8) is 0 Å². The molecule has 0 bridgehead atoms. The lowest BCUT2D eigenvalue weighted by Crippen LogP contribution is -2.50. The fraction of sp³-hybridized carbons (Fsp3) is 0.235. The van der Waals surface area contributed by atoms with Crippen molar-refractivity contribution in [3.05, 3.63) is 59.9 Å². The van der Waals surface area contributed by atoms with E-state index in [0.717, 1.165) is 0 Å². The van der Waals surface area contributed by atoms with Gasteiger partial charge in [0.05, 0.1) is 0 Å². The Labute approximate surface area is 134 Å². The molecule has 1 aromatic carbocycles. The summed E-state index contributed by atoms with van der Waals surface area (Å²) in [5.41, 5.74) is 1.06. The van der Waals surface area contributed by atoms with E-state index < -0.39 is 0 Å². The van der Waals surface area contributed by atoms with Crippen LogP contribution in [0.15, 0.2) is 48.8 Å². The Kier molecular flexibility index (Phi) is 4.23. The van der Waals surface area contributed by atoms with Crippen LogP contribution in [0.2, 0.25) is 0 Å². The van der Waals surface area contributed by atoms with Gasteiger partial charge in [-0.15, -0.1) is 0 Å². The van der Waals surface area contributed by atoms with Gasteiger partial charge < -0.3 is 14.9 Å². The number of hydrogen-bond donors (Lipinski definition) is 1. The normalized spacial score (nSPS) is 14.6. The number of pyridine rings is 1. The molecular weight excluding hydrogens is 294 g/mol. The smallest absolute Gasteiger partial charge is 0.254 e. The molecule has 0 radical (unpaired) electrons. The summed E-state index contributed by atoms with van der Waals surface area (Å²) in [5, 5.41) is 9.47. The van der Waals surface area contributed by atoms with Gasteiger partial charge in [0.1, 0.15) is 5.75 Å².